The predicted molar refractivity (Wildman–Crippen MR) is 89.8 cm³/mol. The summed E-state index contributed by atoms with van der Waals surface area (Å²) in [6, 6.07) is 15.8. The van der Waals surface area contributed by atoms with Gasteiger partial charge in [-0.1, -0.05) is 47.5 Å². The Balaban J connectivity index is 2.08. The number of aliphatic imine (C=N–C) groups is 1. The summed E-state index contributed by atoms with van der Waals surface area (Å²) in [5.74, 6) is -0.734. The molecule has 0 saturated carbocycles. The highest BCUT2D eigenvalue weighted by molar-refractivity contribution is 6.08. The van der Waals surface area contributed by atoms with Crippen LogP contribution in [0.25, 0.3) is 0 Å². The van der Waals surface area contributed by atoms with Gasteiger partial charge in [0.1, 0.15) is 5.82 Å². The molecule has 2 aromatic carbocycles. The van der Waals surface area contributed by atoms with Crippen molar-refractivity contribution in [1.29, 1.82) is 0 Å². The van der Waals surface area contributed by atoms with Gasteiger partial charge in [-0.25, -0.2) is 4.39 Å². The molecule has 5 heteroatoms. The van der Waals surface area contributed by atoms with Crippen molar-refractivity contribution < 1.29 is 14.0 Å². The molecular weight excluding hydrogens is 307 g/mol. The lowest BCUT2D eigenvalue weighted by molar-refractivity contribution is -0.214. The van der Waals surface area contributed by atoms with Crippen LogP contribution in [0.5, 0.6) is 0 Å². The summed E-state index contributed by atoms with van der Waals surface area (Å²) in [5, 5.41) is 1.57. The van der Waals surface area contributed by atoms with E-state index < -0.39 is 17.7 Å². The summed E-state index contributed by atoms with van der Waals surface area (Å²) in [7, 11) is 0. The second-order valence-corrected chi connectivity index (χ2v) is 6.24. The fraction of sp³-hybridized carbons (Fsp3) is 0.263. The van der Waals surface area contributed by atoms with Crippen molar-refractivity contribution in [3.05, 3.63) is 71.5 Å². The van der Waals surface area contributed by atoms with Gasteiger partial charge in [-0.3, -0.25) is 9.79 Å². The third-order valence-corrected chi connectivity index (χ3v) is 4.05. The number of nitrogens with zero attached hydrogens (tertiary/aromatic N) is 2. The molecule has 0 radical (unpaired) electrons. The maximum absolute atomic E-state index is 13.2. The molecule has 1 aliphatic heterocycles. The van der Waals surface area contributed by atoms with Crippen LogP contribution in [0.4, 0.5) is 4.39 Å². The van der Waals surface area contributed by atoms with E-state index in [0.29, 0.717) is 0 Å². The van der Waals surface area contributed by atoms with Crippen LogP contribution in [0, 0.1) is 5.82 Å². The van der Waals surface area contributed by atoms with Crippen LogP contribution in [0.15, 0.2) is 59.6 Å². The first kappa shape index (κ1) is 16.3. The van der Waals surface area contributed by atoms with Crippen LogP contribution in [-0.2, 0) is 9.63 Å². The zero-order valence-corrected chi connectivity index (χ0v) is 13.9. The molecule has 24 heavy (non-hydrogen) atoms. The minimum absolute atomic E-state index is 0.317. The highest BCUT2D eigenvalue weighted by atomic mass is 19.1. The number of hydrogen-bond donors (Lipinski definition) is 0. The monoisotopic (exact) mass is 326 g/mol. The van der Waals surface area contributed by atoms with E-state index in [-0.39, 0.29) is 5.82 Å². The summed E-state index contributed by atoms with van der Waals surface area (Å²) in [4.78, 5) is 21.8. The second-order valence-electron chi connectivity index (χ2n) is 6.24. The van der Waals surface area contributed by atoms with E-state index in [4.69, 9.17) is 9.83 Å². The Labute approximate surface area is 140 Å². The number of halogens is 1. The topological polar surface area (TPSA) is 41.9 Å². The lowest BCUT2D eigenvalue weighted by Crippen LogP contribution is -2.47. The van der Waals surface area contributed by atoms with Crippen molar-refractivity contribution in [2.45, 2.75) is 32.5 Å². The number of carbonyl (C=O) groups is 1. The van der Waals surface area contributed by atoms with Crippen LogP contribution >= 0.6 is 0 Å². The maximum atomic E-state index is 13.2. The van der Waals surface area contributed by atoms with E-state index >= 15 is 0 Å². The van der Waals surface area contributed by atoms with E-state index in [9.17, 15) is 9.18 Å². The van der Waals surface area contributed by atoms with Gasteiger partial charge in [0.2, 0.25) is 0 Å². The van der Waals surface area contributed by atoms with Crippen molar-refractivity contribution in [1.82, 2.24) is 5.06 Å². The fourth-order valence-corrected chi connectivity index (χ4v) is 2.91. The molecule has 1 unspecified atom stereocenters. The summed E-state index contributed by atoms with van der Waals surface area (Å²) in [6.45, 7) is 5.26. The predicted octanol–water partition coefficient (Wildman–Crippen LogP) is 3.89. The van der Waals surface area contributed by atoms with Crippen LogP contribution in [-0.4, -0.2) is 22.3 Å². The molecule has 0 aromatic heterocycles. The van der Waals surface area contributed by atoms with Crippen LogP contribution < -0.4 is 0 Å². The molecule has 0 aliphatic carbocycles. The SMILES string of the molecule is CC(=O)ON1C(c2ccc(F)cc2)N=C(c2ccccc2)C1(C)C. The molecular formula is C19H19FN2O2. The average molecular weight is 326 g/mol. The van der Waals surface area contributed by atoms with Crippen molar-refractivity contribution in [2.75, 3.05) is 0 Å². The fourth-order valence-electron chi connectivity index (χ4n) is 2.91. The van der Waals surface area contributed by atoms with Gasteiger partial charge in [-0.15, -0.1) is 0 Å². The Hall–Kier alpha value is -2.53. The lowest BCUT2D eigenvalue weighted by Gasteiger charge is -2.33. The van der Waals surface area contributed by atoms with Gasteiger partial charge in [0.05, 0.1) is 11.3 Å². The number of carbonyl (C=O) groups excluding carboxylic acids is 1. The molecule has 2 aromatic rings. The molecule has 3 rings (SSSR count). The van der Waals surface area contributed by atoms with Gasteiger partial charge in [-0.05, 0) is 37.1 Å². The van der Waals surface area contributed by atoms with Gasteiger partial charge in [0.15, 0.2) is 6.17 Å². The van der Waals surface area contributed by atoms with Crippen molar-refractivity contribution in [3.63, 3.8) is 0 Å². The van der Waals surface area contributed by atoms with E-state index in [1.807, 2.05) is 44.2 Å². The molecule has 4 nitrogen and oxygen atoms in total. The molecule has 0 bridgehead atoms. The highest BCUT2D eigenvalue weighted by Crippen LogP contribution is 2.39. The number of benzene rings is 2. The van der Waals surface area contributed by atoms with Gasteiger partial charge in [0.25, 0.3) is 0 Å². The molecule has 0 amide bonds. The zero-order valence-electron chi connectivity index (χ0n) is 13.9. The smallest absolute Gasteiger partial charge is 0.322 e. The first-order chi connectivity index (χ1) is 11.4. The molecule has 0 N–H and O–H groups in total. The standard InChI is InChI=1S/C19H19FN2O2/c1-13(23)24-22-18(15-9-11-16(20)12-10-15)21-17(19(22,2)3)14-7-5-4-6-8-14/h4-12,18H,1-3H3. The molecule has 1 atom stereocenters. The number of hydrogen-bond acceptors (Lipinski definition) is 4. The largest absolute Gasteiger partial charge is 0.365 e. The molecule has 0 saturated heterocycles. The third-order valence-electron chi connectivity index (χ3n) is 4.05. The average Bonchev–Trinajstić information content (AvgIpc) is 2.80. The lowest BCUT2D eigenvalue weighted by atomic mass is 9.93. The van der Waals surface area contributed by atoms with Gasteiger partial charge in [0, 0.05) is 6.92 Å². The Bertz CT molecular complexity index is 770. The van der Waals surface area contributed by atoms with Crippen LogP contribution in [0.1, 0.15) is 38.1 Å². The van der Waals surface area contributed by atoms with E-state index in [0.717, 1.165) is 16.8 Å². The van der Waals surface area contributed by atoms with E-state index in [2.05, 4.69) is 0 Å². The summed E-state index contributed by atoms with van der Waals surface area (Å²) >= 11 is 0. The molecule has 1 heterocycles. The Morgan fingerprint density at radius 1 is 1.12 bits per heavy atom. The summed E-state index contributed by atoms with van der Waals surface area (Å²) in [5.41, 5.74) is 1.92. The molecule has 124 valence electrons. The van der Waals surface area contributed by atoms with E-state index in [1.165, 1.54) is 19.1 Å². The number of hydroxylamine groups is 2. The summed E-state index contributed by atoms with van der Waals surface area (Å²) in [6.07, 6.45) is -0.514. The van der Waals surface area contributed by atoms with Gasteiger partial charge < -0.3 is 4.84 Å². The summed E-state index contributed by atoms with van der Waals surface area (Å²) < 4.78 is 13.2. The second kappa shape index (κ2) is 6.17. The molecule has 1 aliphatic rings. The molecule has 0 spiro atoms. The third kappa shape index (κ3) is 2.95. The normalized spacial score (nSPS) is 19.8. The maximum Gasteiger partial charge on any atom is 0.322 e. The van der Waals surface area contributed by atoms with Crippen molar-refractivity contribution >= 4 is 11.7 Å². The zero-order chi connectivity index (χ0) is 17.3. The highest BCUT2D eigenvalue weighted by Gasteiger charge is 2.46. The first-order valence-electron chi connectivity index (χ1n) is 7.76. The Morgan fingerprint density at radius 2 is 1.75 bits per heavy atom. The van der Waals surface area contributed by atoms with Gasteiger partial charge in [-0.2, -0.15) is 0 Å². The molecule has 0 fully saturated rings. The van der Waals surface area contributed by atoms with Crippen LogP contribution in [0.2, 0.25) is 0 Å². The minimum Gasteiger partial charge on any atom is -0.365 e. The number of rotatable bonds is 3. The Morgan fingerprint density at radius 3 is 2.33 bits per heavy atom. The van der Waals surface area contributed by atoms with Crippen molar-refractivity contribution in [3.8, 4) is 0 Å². The van der Waals surface area contributed by atoms with Gasteiger partial charge >= 0.3 is 5.97 Å². The minimum atomic E-state index is -0.619. The van der Waals surface area contributed by atoms with Crippen LogP contribution in [0.3, 0.4) is 0 Å². The van der Waals surface area contributed by atoms with Crippen molar-refractivity contribution in [2.24, 2.45) is 4.99 Å². The quantitative estimate of drug-likeness (QED) is 0.859. The van der Waals surface area contributed by atoms with E-state index in [1.54, 1.807) is 17.2 Å². The first-order valence-corrected chi connectivity index (χ1v) is 7.76. The Kier molecular flexibility index (Phi) is 4.20.